The Bertz CT molecular complexity index is 829. The Morgan fingerprint density at radius 2 is 2.00 bits per heavy atom. The average molecular weight is 376 g/mol. The molecule has 0 aliphatic heterocycles. The third-order valence-electron chi connectivity index (χ3n) is 4.13. The zero-order valence-electron chi connectivity index (χ0n) is 14.5. The van der Waals surface area contributed by atoms with Gasteiger partial charge in [-0.3, -0.25) is 4.79 Å². The molecule has 0 aliphatic carbocycles. The number of nitrogens with two attached hydrogens (primary N) is 1. The van der Waals surface area contributed by atoms with Crippen LogP contribution in [0.4, 0.5) is 0 Å². The van der Waals surface area contributed by atoms with Crippen LogP contribution in [0.3, 0.4) is 0 Å². The fourth-order valence-corrected chi connectivity index (χ4v) is 2.73. The van der Waals surface area contributed by atoms with E-state index < -0.39 is 6.10 Å². The van der Waals surface area contributed by atoms with E-state index in [1.807, 2.05) is 41.7 Å². The van der Waals surface area contributed by atoms with Crippen LogP contribution in [-0.4, -0.2) is 31.1 Å². The molecule has 0 saturated heterocycles. The minimum absolute atomic E-state index is 0. The lowest BCUT2D eigenvalue weighted by Crippen LogP contribution is -3.00. The third-order valence-corrected chi connectivity index (χ3v) is 4.13. The third kappa shape index (κ3) is 4.85. The van der Waals surface area contributed by atoms with Crippen molar-refractivity contribution in [1.29, 1.82) is 0 Å². The normalized spacial score (nSPS) is 11.8. The Labute approximate surface area is 158 Å². The number of benzene rings is 2. The average Bonchev–Trinajstić information content (AvgIpc) is 3.09. The monoisotopic (exact) mass is 375 g/mol. The van der Waals surface area contributed by atoms with Crippen molar-refractivity contribution in [2.24, 2.45) is 0 Å². The second-order valence-corrected chi connectivity index (χ2v) is 5.92. The van der Waals surface area contributed by atoms with Crippen LogP contribution in [0.25, 0.3) is 11.0 Å². The molecule has 2 aromatic carbocycles. The molecular formula is C20H22ClNO4. The topological polar surface area (TPSA) is 76.3 Å². The standard InChI is InChI=1S/C20H21NO4.ClH/c1-24-16-7-4-6-14(11-16)17(22)9-10-21-13-18(23)20-12-15-5-2-3-8-19(15)25-20;/h2-8,11-12,18,21,23H,9-10,13H2,1H3;1H. The Kier molecular flexibility index (Phi) is 7.21. The van der Waals surface area contributed by atoms with Crippen LogP contribution in [0.15, 0.2) is 59.0 Å². The summed E-state index contributed by atoms with van der Waals surface area (Å²) < 4.78 is 10.8. The molecule has 0 radical (unpaired) electrons. The maximum atomic E-state index is 12.2. The Hall–Kier alpha value is -2.34. The fraction of sp³-hybridized carbons (Fsp3) is 0.250. The number of carbonyl (C=O) groups excluding carboxylic acids is 1. The Morgan fingerprint density at radius 3 is 2.77 bits per heavy atom. The highest BCUT2D eigenvalue weighted by Gasteiger charge is 2.15. The zero-order chi connectivity index (χ0) is 17.6. The number of aliphatic hydroxyl groups is 1. The van der Waals surface area contributed by atoms with Gasteiger partial charge in [-0.25, -0.2) is 0 Å². The van der Waals surface area contributed by atoms with Crippen LogP contribution in [-0.2, 0) is 0 Å². The number of hydrogen-bond acceptors (Lipinski definition) is 4. The molecule has 0 fully saturated rings. The molecule has 3 N–H and O–H groups in total. The van der Waals surface area contributed by atoms with Crippen LogP contribution in [0.2, 0.25) is 0 Å². The van der Waals surface area contributed by atoms with Gasteiger partial charge in [-0.2, -0.15) is 0 Å². The number of ketones is 1. The van der Waals surface area contributed by atoms with Crippen molar-refractivity contribution in [3.05, 3.63) is 65.9 Å². The van der Waals surface area contributed by atoms with Gasteiger partial charge in [-0.15, -0.1) is 0 Å². The van der Waals surface area contributed by atoms with Gasteiger partial charge in [0, 0.05) is 10.9 Å². The fourth-order valence-electron chi connectivity index (χ4n) is 2.73. The van der Waals surface area contributed by atoms with Crippen molar-refractivity contribution in [2.75, 3.05) is 20.2 Å². The molecule has 0 bridgehead atoms. The first-order valence-corrected chi connectivity index (χ1v) is 8.33. The van der Waals surface area contributed by atoms with Crippen molar-refractivity contribution in [3.63, 3.8) is 0 Å². The lowest BCUT2D eigenvalue weighted by molar-refractivity contribution is -0.661. The molecule has 3 rings (SSSR count). The molecule has 1 atom stereocenters. The second kappa shape index (κ2) is 9.38. The summed E-state index contributed by atoms with van der Waals surface area (Å²) in [5, 5.41) is 13.1. The number of quaternary nitrogens is 1. The lowest BCUT2D eigenvalue weighted by atomic mass is 10.1. The smallest absolute Gasteiger partial charge is 0.168 e. The molecule has 0 amide bonds. The van der Waals surface area contributed by atoms with Gasteiger partial charge in [0.2, 0.25) is 0 Å². The predicted octanol–water partition coefficient (Wildman–Crippen LogP) is -0.685. The summed E-state index contributed by atoms with van der Waals surface area (Å²) in [6, 6.07) is 16.7. The lowest BCUT2D eigenvalue weighted by Gasteiger charge is -2.07. The Morgan fingerprint density at radius 1 is 1.19 bits per heavy atom. The number of fused-ring (bicyclic) bond motifs is 1. The van der Waals surface area contributed by atoms with E-state index in [0.29, 0.717) is 36.6 Å². The Balaban J connectivity index is 0.00000243. The summed E-state index contributed by atoms with van der Waals surface area (Å²) >= 11 is 0. The van der Waals surface area contributed by atoms with Gasteiger partial charge in [0.25, 0.3) is 0 Å². The number of hydrogen-bond donors (Lipinski definition) is 2. The number of ether oxygens (including phenoxy) is 1. The molecule has 5 nitrogen and oxygen atoms in total. The minimum atomic E-state index is -0.695. The summed E-state index contributed by atoms with van der Waals surface area (Å²) in [5.74, 6) is 1.29. The number of aliphatic hydroxyl groups excluding tert-OH is 1. The molecule has 0 saturated carbocycles. The molecule has 3 aromatic rings. The summed E-state index contributed by atoms with van der Waals surface area (Å²) in [4.78, 5) is 12.2. The van der Waals surface area contributed by atoms with Gasteiger partial charge in [0.15, 0.2) is 11.9 Å². The maximum absolute atomic E-state index is 12.2. The number of rotatable bonds is 8. The van der Waals surface area contributed by atoms with Crippen molar-refractivity contribution in [1.82, 2.24) is 0 Å². The SMILES string of the molecule is COc1cccc(C(=O)CC[NH2+]CC(O)c2cc3ccccc3o2)c1.[Cl-]. The number of halogens is 1. The minimum Gasteiger partial charge on any atom is -1.00 e. The van der Waals surface area contributed by atoms with E-state index in [9.17, 15) is 9.90 Å². The van der Waals surface area contributed by atoms with Gasteiger partial charge in [-0.1, -0.05) is 30.3 Å². The molecule has 26 heavy (non-hydrogen) atoms. The first kappa shape index (κ1) is 20.0. The molecule has 1 unspecified atom stereocenters. The summed E-state index contributed by atoms with van der Waals surface area (Å²) in [7, 11) is 1.58. The van der Waals surface area contributed by atoms with Crippen molar-refractivity contribution >= 4 is 16.8 Å². The molecule has 6 heteroatoms. The van der Waals surface area contributed by atoms with Gasteiger partial charge < -0.3 is 32.0 Å². The summed E-state index contributed by atoms with van der Waals surface area (Å²) in [6.07, 6.45) is -0.292. The summed E-state index contributed by atoms with van der Waals surface area (Å²) in [6.45, 7) is 1.05. The summed E-state index contributed by atoms with van der Waals surface area (Å²) in [5.41, 5.74) is 1.41. The van der Waals surface area contributed by atoms with Crippen molar-refractivity contribution in [3.8, 4) is 5.75 Å². The van der Waals surface area contributed by atoms with Gasteiger partial charge in [0.05, 0.1) is 20.1 Å². The van der Waals surface area contributed by atoms with Crippen molar-refractivity contribution < 1.29 is 36.8 Å². The molecule has 0 aliphatic rings. The van der Waals surface area contributed by atoms with E-state index in [2.05, 4.69) is 0 Å². The second-order valence-electron chi connectivity index (χ2n) is 5.92. The van der Waals surface area contributed by atoms with Gasteiger partial charge in [0.1, 0.15) is 23.6 Å². The van der Waals surface area contributed by atoms with Gasteiger partial charge >= 0.3 is 0 Å². The molecule has 0 spiro atoms. The number of Topliss-reactive ketones (excluding diaryl/α,β-unsaturated/α-hetero) is 1. The maximum Gasteiger partial charge on any atom is 0.168 e. The zero-order valence-corrected chi connectivity index (χ0v) is 15.3. The first-order chi connectivity index (χ1) is 12.2. The highest BCUT2D eigenvalue weighted by molar-refractivity contribution is 5.96. The highest BCUT2D eigenvalue weighted by atomic mass is 35.5. The quantitative estimate of drug-likeness (QED) is 0.404. The first-order valence-electron chi connectivity index (χ1n) is 8.33. The van der Waals surface area contributed by atoms with E-state index >= 15 is 0 Å². The largest absolute Gasteiger partial charge is 1.00 e. The molecule has 1 heterocycles. The number of methoxy groups -OCH3 is 1. The van der Waals surface area contributed by atoms with Crippen molar-refractivity contribution in [2.45, 2.75) is 12.5 Å². The van der Waals surface area contributed by atoms with Crippen LogP contribution >= 0.6 is 0 Å². The van der Waals surface area contributed by atoms with E-state index in [4.69, 9.17) is 9.15 Å². The number of para-hydroxylation sites is 1. The molecule has 138 valence electrons. The molecule has 1 aromatic heterocycles. The van der Waals surface area contributed by atoms with E-state index in [0.717, 1.165) is 11.0 Å². The van der Waals surface area contributed by atoms with Crippen LogP contribution in [0.5, 0.6) is 5.75 Å². The van der Waals surface area contributed by atoms with E-state index in [1.165, 1.54) is 0 Å². The molecular weight excluding hydrogens is 354 g/mol. The number of furan rings is 1. The van der Waals surface area contributed by atoms with Crippen LogP contribution in [0, 0.1) is 0 Å². The number of carbonyl (C=O) groups is 1. The predicted molar refractivity (Wildman–Crippen MR) is 94.8 cm³/mol. The van der Waals surface area contributed by atoms with Crippen LogP contribution < -0.4 is 22.5 Å². The van der Waals surface area contributed by atoms with Gasteiger partial charge in [-0.05, 0) is 24.3 Å². The van der Waals surface area contributed by atoms with E-state index in [-0.39, 0.29) is 18.2 Å². The highest BCUT2D eigenvalue weighted by Crippen LogP contribution is 2.22. The van der Waals surface area contributed by atoms with Crippen LogP contribution in [0.1, 0.15) is 28.6 Å². The van der Waals surface area contributed by atoms with E-state index in [1.54, 1.807) is 25.3 Å².